The Labute approximate surface area is 155 Å². The van der Waals surface area contributed by atoms with Crippen molar-refractivity contribution in [3.63, 3.8) is 0 Å². The zero-order valence-corrected chi connectivity index (χ0v) is 16.4. The molecule has 0 aliphatic heterocycles. The lowest BCUT2D eigenvalue weighted by atomic mass is 9.88. The van der Waals surface area contributed by atoms with E-state index >= 15 is 0 Å². The van der Waals surface area contributed by atoms with Crippen LogP contribution >= 0.6 is 0 Å². The molecule has 0 spiro atoms. The van der Waals surface area contributed by atoms with E-state index in [4.69, 9.17) is 0 Å². The van der Waals surface area contributed by atoms with Gasteiger partial charge in [0, 0.05) is 5.57 Å². The summed E-state index contributed by atoms with van der Waals surface area (Å²) in [6.45, 7) is 3.99. The van der Waals surface area contributed by atoms with Crippen LogP contribution in [0.2, 0.25) is 0 Å². The number of benzene rings is 2. The Morgan fingerprint density at radius 1 is 0.654 bits per heavy atom. The third-order valence-electron chi connectivity index (χ3n) is 4.63. The van der Waals surface area contributed by atoms with E-state index in [1.807, 2.05) is 100 Å². The average molecular weight is 358 g/mol. The molecule has 2 atom stereocenters. The minimum Gasteiger partial charge on any atom is -0.299 e. The molecule has 140 valence electrons. The Kier molecular flexibility index (Phi) is 6.68. The van der Waals surface area contributed by atoms with Crippen LogP contribution in [0.5, 0.6) is 0 Å². The van der Waals surface area contributed by atoms with Crippen molar-refractivity contribution >= 4 is 0 Å². The predicted molar refractivity (Wildman–Crippen MR) is 104 cm³/mol. The zero-order chi connectivity index (χ0) is 19.4. The van der Waals surface area contributed by atoms with Crippen LogP contribution in [-0.2, 0) is 0 Å². The molecule has 0 amide bonds. The summed E-state index contributed by atoms with van der Waals surface area (Å²) in [4.78, 5) is 3.70. The van der Waals surface area contributed by atoms with Crippen LogP contribution in [0.25, 0.3) is 0 Å². The highest BCUT2D eigenvalue weighted by Crippen LogP contribution is 2.40. The number of halogens is 2. The van der Waals surface area contributed by atoms with Crippen molar-refractivity contribution in [1.82, 2.24) is 9.80 Å². The SMILES string of the molecule is Cc1ccc(C(C(=C(F)F)C(c2ccc(C)cc2)N(C)C)N(C)C)cc1. The van der Waals surface area contributed by atoms with Gasteiger partial charge in [0.1, 0.15) is 0 Å². The third kappa shape index (κ3) is 4.57. The van der Waals surface area contributed by atoms with Crippen LogP contribution in [0.1, 0.15) is 34.3 Å². The molecule has 0 aromatic heterocycles. The summed E-state index contributed by atoms with van der Waals surface area (Å²) in [7, 11) is 7.37. The first-order valence-electron chi connectivity index (χ1n) is 8.73. The molecule has 0 aliphatic carbocycles. The molecule has 2 nitrogen and oxygen atoms in total. The first kappa shape index (κ1) is 20.3. The number of nitrogens with zero attached hydrogens (tertiary/aromatic N) is 2. The van der Waals surface area contributed by atoms with Crippen LogP contribution in [0.15, 0.2) is 60.2 Å². The van der Waals surface area contributed by atoms with E-state index in [1.165, 1.54) is 0 Å². The summed E-state index contributed by atoms with van der Waals surface area (Å²) in [5.41, 5.74) is 4.07. The molecule has 0 bridgehead atoms. The third-order valence-corrected chi connectivity index (χ3v) is 4.63. The fourth-order valence-corrected chi connectivity index (χ4v) is 3.37. The highest BCUT2D eigenvalue weighted by Gasteiger charge is 2.32. The summed E-state index contributed by atoms with van der Waals surface area (Å²) < 4.78 is 28.6. The first-order valence-corrected chi connectivity index (χ1v) is 8.73. The molecular formula is C22H28F2N2. The smallest absolute Gasteiger partial charge is 0.273 e. The molecule has 0 radical (unpaired) electrons. The normalized spacial score (nSPS) is 13.8. The quantitative estimate of drug-likeness (QED) is 0.686. The van der Waals surface area contributed by atoms with Gasteiger partial charge in [0.15, 0.2) is 0 Å². The van der Waals surface area contributed by atoms with Crippen LogP contribution in [-0.4, -0.2) is 38.0 Å². The maximum absolute atomic E-state index is 14.3. The topological polar surface area (TPSA) is 6.48 Å². The molecule has 2 unspecified atom stereocenters. The minimum atomic E-state index is -1.62. The summed E-state index contributed by atoms with van der Waals surface area (Å²) in [5, 5.41) is 0. The van der Waals surface area contributed by atoms with Gasteiger partial charge >= 0.3 is 0 Å². The summed E-state index contributed by atoms with van der Waals surface area (Å²) in [5.74, 6) is 0. The van der Waals surface area contributed by atoms with Gasteiger partial charge in [-0.1, -0.05) is 59.7 Å². The molecule has 4 heteroatoms. The second kappa shape index (κ2) is 8.56. The maximum atomic E-state index is 14.3. The summed E-state index contributed by atoms with van der Waals surface area (Å²) in [6, 6.07) is 14.6. The monoisotopic (exact) mass is 358 g/mol. The molecule has 2 rings (SSSR count). The molecule has 2 aromatic rings. The predicted octanol–water partition coefficient (Wildman–Crippen LogP) is 5.36. The fraction of sp³-hybridized carbons (Fsp3) is 0.364. The maximum Gasteiger partial charge on any atom is 0.273 e. The van der Waals surface area contributed by atoms with Gasteiger partial charge in [0.25, 0.3) is 6.08 Å². The molecule has 0 heterocycles. The Hall–Kier alpha value is -2.04. The largest absolute Gasteiger partial charge is 0.299 e. The van der Waals surface area contributed by atoms with Crippen LogP contribution in [0, 0.1) is 13.8 Å². The van der Waals surface area contributed by atoms with E-state index in [9.17, 15) is 8.78 Å². The van der Waals surface area contributed by atoms with E-state index in [0.29, 0.717) is 0 Å². The zero-order valence-electron chi connectivity index (χ0n) is 16.4. The minimum absolute atomic E-state index is 0.118. The van der Waals surface area contributed by atoms with Gasteiger partial charge in [0.05, 0.1) is 12.1 Å². The fourth-order valence-electron chi connectivity index (χ4n) is 3.37. The summed E-state index contributed by atoms with van der Waals surface area (Å²) in [6.07, 6.45) is -1.62. The molecule has 26 heavy (non-hydrogen) atoms. The highest BCUT2D eigenvalue weighted by atomic mass is 19.3. The molecule has 0 aliphatic rings. The molecule has 0 saturated heterocycles. The van der Waals surface area contributed by atoms with Crippen molar-refractivity contribution < 1.29 is 8.78 Å². The Morgan fingerprint density at radius 2 is 0.962 bits per heavy atom. The van der Waals surface area contributed by atoms with Gasteiger partial charge in [-0.25, -0.2) is 0 Å². The average Bonchev–Trinajstić information content (AvgIpc) is 2.56. The van der Waals surface area contributed by atoms with Crippen molar-refractivity contribution in [3.05, 3.63) is 82.4 Å². The molecule has 0 fully saturated rings. The van der Waals surface area contributed by atoms with E-state index in [0.717, 1.165) is 22.3 Å². The number of hydrogen-bond donors (Lipinski definition) is 0. The van der Waals surface area contributed by atoms with Crippen molar-refractivity contribution in [1.29, 1.82) is 0 Å². The van der Waals surface area contributed by atoms with Crippen molar-refractivity contribution in [3.8, 4) is 0 Å². The molecule has 0 saturated carbocycles. The van der Waals surface area contributed by atoms with E-state index < -0.39 is 18.2 Å². The number of likely N-dealkylation sites (N-methyl/N-ethyl adjacent to an activating group) is 2. The first-order chi connectivity index (χ1) is 12.2. The summed E-state index contributed by atoms with van der Waals surface area (Å²) >= 11 is 0. The second-order valence-electron chi connectivity index (χ2n) is 7.27. The Balaban J connectivity index is 2.61. The van der Waals surface area contributed by atoms with E-state index in [1.54, 1.807) is 0 Å². The van der Waals surface area contributed by atoms with Gasteiger partial charge in [-0.2, -0.15) is 8.78 Å². The van der Waals surface area contributed by atoms with Gasteiger partial charge in [-0.15, -0.1) is 0 Å². The van der Waals surface area contributed by atoms with Gasteiger partial charge in [0.2, 0.25) is 0 Å². The molecule has 2 aromatic carbocycles. The highest BCUT2D eigenvalue weighted by molar-refractivity contribution is 5.38. The van der Waals surface area contributed by atoms with E-state index in [-0.39, 0.29) is 5.57 Å². The lowest BCUT2D eigenvalue weighted by molar-refractivity contribution is 0.245. The molecular weight excluding hydrogens is 330 g/mol. The van der Waals surface area contributed by atoms with Crippen LogP contribution < -0.4 is 0 Å². The second-order valence-corrected chi connectivity index (χ2v) is 7.27. The van der Waals surface area contributed by atoms with Crippen molar-refractivity contribution in [2.75, 3.05) is 28.2 Å². The van der Waals surface area contributed by atoms with Crippen molar-refractivity contribution in [2.45, 2.75) is 25.9 Å². The Morgan fingerprint density at radius 3 is 1.19 bits per heavy atom. The number of hydrogen-bond acceptors (Lipinski definition) is 2. The lowest BCUT2D eigenvalue weighted by Gasteiger charge is -2.35. The van der Waals surface area contributed by atoms with Crippen LogP contribution in [0.4, 0.5) is 8.78 Å². The standard InChI is InChI=1S/C22H28F2N2/c1-15-7-11-17(12-8-15)20(25(3)4)19(22(23)24)21(26(5)6)18-13-9-16(2)10-14-18/h7-14,20-21H,1-6H3. The van der Waals surface area contributed by atoms with Gasteiger partial charge < -0.3 is 0 Å². The molecule has 0 N–H and O–H groups in total. The van der Waals surface area contributed by atoms with Crippen LogP contribution in [0.3, 0.4) is 0 Å². The number of aryl methyl sites for hydroxylation is 2. The van der Waals surface area contributed by atoms with E-state index in [2.05, 4.69) is 0 Å². The van der Waals surface area contributed by atoms with Gasteiger partial charge in [-0.05, 0) is 53.2 Å². The lowest BCUT2D eigenvalue weighted by Crippen LogP contribution is -2.31. The number of rotatable bonds is 6. The Bertz CT molecular complexity index is 683. The van der Waals surface area contributed by atoms with Crippen molar-refractivity contribution in [2.24, 2.45) is 0 Å². The van der Waals surface area contributed by atoms with Gasteiger partial charge in [-0.3, -0.25) is 9.80 Å².